The molecule has 34 nitrogen and oxygen atoms in total. The van der Waals surface area contributed by atoms with E-state index in [-0.39, 0.29) is 68.0 Å². The highest BCUT2D eigenvalue weighted by Gasteiger charge is 2.50. The van der Waals surface area contributed by atoms with E-state index in [1.165, 1.54) is 124 Å². The van der Waals surface area contributed by atoms with Crippen molar-refractivity contribution >= 4 is 64.6 Å². The van der Waals surface area contributed by atoms with Crippen molar-refractivity contribution in [2.24, 2.45) is 0 Å². The number of amides is 6. The lowest BCUT2D eigenvalue weighted by Crippen LogP contribution is -2.65. The minimum atomic E-state index is -2.47. The van der Waals surface area contributed by atoms with Crippen molar-refractivity contribution in [2.75, 3.05) is 13.2 Å². The molecule has 17 bridgehead atoms. The molecule has 1 saturated heterocycles. The summed E-state index contributed by atoms with van der Waals surface area (Å²) >= 11 is 14.3. The van der Waals surface area contributed by atoms with Crippen LogP contribution < -0.4 is 51.4 Å². The zero-order chi connectivity index (χ0) is 86.0. The molecule has 1 fully saturated rings. The third-order valence-electron chi connectivity index (χ3n) is 21.7. The Labute approximate surface area is 703 Å². The number of carboxylic acids is 1. The summed E-state index contributed by atoms with van der Waals surface area (Å²) in [5, 5.41) is 155. The van der Waals surface area contributed by atoms with Gasteiger partial charge >= 0.3 is 5.97 Å². The Kier molecular flexibility index (Phi) is 28.0. The van der Waals surface area contributed by atoms with Gasteiger partial charge in [0.1, 0.15) is 107 Å². The largest absolute Gasteiger partial charge is 0.508 e. The lowest BCUT2D eigenvalue weighted by molar-refractivity contribution is -0.284. The van der Waals surface area contributed by atoms with Crippen molar-refractivity contribution in [3.63, 3.8) is 0 Å². The van der Waals surface area contributed by atoms with Gasteiger partial charge in [-0.3, -0.25) is 34.1 Å². The molecule has 15 rings (SSSR count). The third kappa shape index (κ3) is 20.4. The normalized spacial score (nSPS) is 23.5. The lowest BCUT2D eigenvalue weighted by Gasteiger charge is -2.44. The monoisotopic (exact) mass is 1710 g/mol. The highest BCUT2D eigenvalue weighted by Crippen LogP contribution is 2.49. The summed E-state index contributed by atoms with van der Waals surface area (Å²) in [6.45, 7) is 2.69. The molecule has 0 spiro atoms. The molecule has 8 heterocycles. The first-order valence-corrected chi connectivity index (χ1v) is 40.6. The summed E-state index contributed by atoms with van der Waals surface area (Å²) in [5.41, 5.74) is -1.97. The van der Waals surface area contributed by atoms with Crippen LogP contribution in [0.2, 0.25) is 10.0 Å². The fourth-order valence-electron chi connectivity index (χ4n) is 15.6. The number of phenols is 6. The molecule has 0 aliphatic carbocycles. The van der Waals surface area contributed by atoms with E-state index in [1.807, 2.05) is 0 Å². The molecule has 6 amide bonds. The number of halogens is 2. The van der Waals surface area contributed by atoms with Crippen LogP contribution in [-0.4, -0.2) is 175 Å². The van der Waals surface area contributed by atoms with E-state index in [2.05, 4.69) is 54.5 Å². The number of hydrogen-bond donors (Lipinski definition) is 18. The van der Waals surface area contributed by atoms with Crippen LogP contribution in [0.15, 0.2) is 121 Å². The van der Waals surface area contributed by atoms with Crippen LogP contribution in [0, 0.1) is 0 Å². The molecular weight excluding hydrogens is 1620 g/mol. The zero-order valence-electron chi connectivity index (χ0n) is 65.7. The molecule has 14 atom stereocenters. The number of aliphatic hydroxyl groups excluding tert-OH is 4. The van der Waals surface area contributed by atoms with Gasteiger partial charge in [0.25, 0.3) is 0 Å². The number of nitrogens with zero attached hydrogens (tertiary/aromatic N) is 3. The van der Waals surface area contributed by atoms with Crippen molar-refractivity contribution in [1.82, 2.24) is 52.2 Å². The fourth-order valence-corrected chi connectivity index (χ4v) is 16.0. The van der Waals surface area contributed by atoms with Gasteiger partial charge in [0, 0.05) is 48.8 Å². The van der Waals surface area contributed by atoms with Crippen LogP contribution in [0.25, 0.3) is 11.1 Å². The van der Waals surface area contributed by atoms with Crippen molar-refractivity contribution < 1.29 is 118 Å². The van der Waals surface area contributed by atoms with Crippen LogP contribution in [0.3, 0.4) is 0 Å². The van der Waals surface area contributed by atoms with Crippen molar-refractivity contribution in [3.8, 4) is 80.1 Å². The highest BCUT2D eigenvalue weighted by molar-refractivity contribution is 6.32. The first kappa shape index (κ1) is 87.3. The molecule has 642 valence electrons. The minimum absolute atomic E-state index is 0.0113. The summed E-state index contributed by atoms with van der Waals surface area (Å²) < 4.78 is 39.0. The maximum Gasteiger partial charge on any atom is 0.330 e. The van der Waals surface area contributed by atoms with Gasteiger partial charge < -0.3 is 116 Å². The quantitative estimate of drug-likeness (QED) is 0.0266. The number of aliphatic hydroxyl groups is 4. The number of aromatic nitrogens is 3. The smallest absolute Gasteiger partial charge is 0.330 e. The van der Waals surface area contributed by atoms with Gasteiger partial charge in [-0.1, -0.05) is 143 Å². The minimum Gasteiger partial charge on any atom is -0.508 e. The second-order valence-corrected chi connectivity index (χ2v) is 31.4. The van der Waals surface area contributed by atoms with Crippen LogP contribution in [-0.2, 0) is 60.8 Å². The number of nitrogens with one attached hydrogen (secondary N) is 7. The summed E-state index contributed by atoms with van der Waals surface area (Å²) in [4.78, 5) is 106. The number of fused-ring (bicyclic) bond motifs is 14. The van der Waals surface area contributed by atoms with Crippen LogP contribution >= 0.6 is 23.2 Å². The average molecular weight is 1710 g/mol. The van der Waals surface area contributed by atoms with E-state index in [0.29, 0.717) is 12.3 Å². The SMILES string of the molecule is CCCCCCCCCCCCCCCCOCc1cn([C@H]2C(=O)N[C@@H]3Cc4ccc(c(Cl)c4)Oc4cc5cc(c4O)Oc4ccc(cc4Cl)[C@@H](O[C@@H]4O[C@H](CO)[C@@H](O)[C@H](O)[C@H]4NC(C)=O)[C@H]4NC(=O)[C@H](NC(O)[C@@H]5NC(=O)[C@@H](NC3=O)c3cc(O)cc(c3)Oc3cc2ccc3O)c2ccc(O)c(c2)-c2c(O)cc(O)cc2[C@H](C(=O)O)NC4=O)nn1. The molecular formula is C85H94Cl2N10O24. The Bertz CT molecular complexity index is 5170. The molecule has 1 unspecified atom stereocenters. The van der Waals surface area contributed by atoms with E-state index in [1.54, 1.807) is 0 Å². The predicted octanol–water partition coefficient (Wildman–Crippen LogP) is 8.92. The molecule has 36 heteroatoms. The maximum atomic E-state index is 16.2. The second-order valence-electron chi connectivity index (χ2n) is 30.6. The zero-order valence-corrected chi connectivity index (χ0v) is 67.2. The van der Waals surface area contributed by atoms with Crippen molar-refractivity contribution in [2.45, 2.75) is 202 Å². The summed E-state index contributed by atoms with van der Waals surface area (Å²) in [5.74, 6) is -15.2. The standard InChI is InChI=1S/C85H94Cl2N10O24/c1-3-4-5-6-7-8-9-10-11-12-13-14-15-16-25-116-40-48-38-97(96-95-48)73-44-19-22-58(103)62(32-44)117-51-29-46(28-49(100)35-51)68-80(110)92-69-47-33-63(118-60-23-17-42(26-54(60)86)27-56(78(108)90-68)89-83(73)113)74(105)64(34-47)119-61-24-20-45(31-55(61)87)77(121-85-71(88-41(2)99)76(107)75(106)65(39-98)120-85)72-82(112)93-70(84(114)115)53-36-50(101)37-59(104)66(53)52-30-43(18-21-57(52)102)67(79(109)94-72)91-81(69)111/h17-24,26,28-38,56,65,67-73,75-77,81,85,91,98,100-107,111H,3-16,25,27,39-40H2,1-2H3,(H,88,99)(H,89,113)(H,90,108)(H,92,110)(H,93,112)(H,94,109)(H,114,115)/t56-,65-,67-,68+,69-,70-,71-,72-,73-,75-,76-,77-,81?,85+/m1/s1. The van der Waals surface area contributed by atoms with Gasteiger partial charge in [0.2, 0.25) is 41.2 Å². The van der Waals surface area contributed by atoms with Gasteiger partial charge in [-0.15, -0.1) is 5.10 Å². The number of carbonyl (C=O) groups excluding carboxylic acids is 6. The van der Waals surface area contributed by atoms with E-state index < -0.39 is 207 Å². The number of rotatable bonds is 23. The molecule has 7 aliphatic heterocycles. The van der Waals surface area contributed by atoms with E-state index in [0.717, 1.165) is 99.3 Å². The highest BCUT2D eigenvalue weighted by atomic mass is 35.5. The number of carboxylic acid groups (broad SMARTS) is 1. The number of carbonyl (C=O) groups is 7. The molecule has 8 aromatic rings. The number of ether oxygens (including phenoxy) is 6. The van der Waals surface area contributed by atoms with Gasteiger partial charge in [0.05, 0.1) is 35.5 Å². The predicted molar refractivity (Wildman–Crippen MR) is 431 cm³/mol. The second kappa shape index (κ2) is 38.9. The first-order chi connectivity index (χ1) is 58.1. The number of benzene rings is 7. The molecule has 121 heavy (non-hydrogen) atoms. The summed E-state index contributed by atoms with van der Waals surface area (Å²) in [6.07, 6.45) is 5.43. The van der Waals surface area contributed by atoms with E-state index in [9.17, 15) is 65.8 Å². The number of hydrogen-bond acceptors (Lipinski definition) is 26. The van der Waals surface area contributed by atoms with Crippen LogP contribution in [0.4, 0.5) is 0 Å². The Morgan fingerprint density at radius 3 is 1.88 bits per heavy atom. The number of phenolic OH excluding ortho intramolecular Hbond substituents is 6. The van der Waals surface area contributed by atoms with Crippen LogP contribution in [0.1, 0.15) is 185 Å². The Balaban J connectivity index is 0.905. The van der Waals surface area contributed by atoms with Gasteiger partial charge in [0.15, 0.2) is 41.4 Å². The Morgan fingerprint density at radius 1 is 0.579 bits per heavy atom. The number of aliphatic carboxylic acids is 1. The molecule has 1 aromatic heterocycles. The molecule has 0 radical (unpaired) electrons. The van der Waals surface area contributed by atoms with Crippen molar-refractivity contribution in [3.05, 3.63) is 176 Å². The average Bonchev–Trinajstić information content (AvgIpc) is 0.831. The van der Waals surface area contributed by atoms with Gasteiger partial charge in [-0.05, 0) is 119 Å². The molecule has 0 saturated carbocycles. The number of aromatic hydroxyl groups is 6. The molecule has 7 aromatic carbocycles. The third-order valence-corrected chi connectivity index (χ3v) is 22.3. The Hall–Kier alpha value is -11.6. The molecule has 18 N–H and O–H groups in total. The molecule has 7 aliphatic rings. The topological polar surface area (TPSA) is 512 Å². The fraction of sp³-hybridized carbons (Fsp3) is 0.400. The van der Waals surface area contributed by atoms with Gasteiger partial charge in [-0.2, -0.15) is 0 Å². The first-order valence-electron chi connectivity index (χ1n) is 39.9. The van der Waals surface area contributed by atoms with E-state index in [4.69, 9.17) is 51.6 Å². The lowest BCUT2D eigenvalue weighted by atomic mass is 9.89. The maximum absolute atomic E-state index is 16.2. The number of unbranched alkanes of at least 4 members (excludes halogenated alkanes) is 13. The summed E-state index contributed by atoms with van der Waals surface area (Å²) in [7, 11) is 0. The van der Waals surface area contributed by atoms with Crippen LogP contribution in [0.5, 0.6) is 69.0 Å². The van der Waals surface area contributed by atoms with E-state index >= 15 is 24.0 Å². The van der Waals surface area contributed by atoms with Gasteiger partial charge in [-0.25, -0.2) is 9.48 Å². The van der Waals surface area contributed by atoms with Crippen molar-refractivity contribution in [1.29, 1.82) is 0 Å². The summed E-state index contributed by atoms with van der Waals surface area (Å²) in [6, 6.07) is 6.13. The Morgan fingerprint density at radius 2 is 1.21 bits per heavy atom.